The molecule has 0 aliphatic carbocycles. The maximum Gasteiger partial charge on any atom is 1.00 e. The first kappa shape index (κ1) is 27.4. The van der Waals surface area contributed by atoms with Crippen molar-refractivity contribution < 1.29 is 128 Å². The van der Waals surface area contributed by atoms with Gasteiger partial charge in [0.1, 0.15) is 0 Å². The summed E-state index contributed by atoms with van der Waals surface area (Å²) in [6.07, 6.45) is 0. The van der Waals surface area contributed by atoms with Gasteiger partial charge >= 0.3 is 90.4 Å². The Balaban J connectivity index is -0.000000241. The molecule has 0 radical (unpaired) electrons. The van der Waals surface area contributed by atoms with E-state index < -0.39 is 31.3 Å². The summed E-state index contributed by atoms with van der Waals surface area (Å²) in [4.78, 5) is 49.5. The minimum Gasteiger partial charge on any atom is -1.00 e. The largest absolute Gasteiger partial charge is 1.00 e. The molecule has 20 heteroatoms. The van der Waals surface area contributed by atoms with Crippen molar-refractivity contribution in [1.29, 1.82) is 0 Å². The molecule has 0 aliphatic heterocycles. The van der Waals surface area contributed by atoms with E-state index in [1.165, 1.54) is 0 Å². The molecule has 0 heterocycles. The zero-order valence-electron chi connectivity index (χ0n) is 11.7. The summed E-state index contributed by atoms with van der Waals surface area (Å²) in [5.74, 6) is 0. The number of hydrogen-bond donors (Lipinski definition) is 6. The van der Waals surface area contributed by atoms with Crippen LogP contribution >= 0.6 is 31.3 Å². The molecule has 20 heavy (non-hydrogen) atoms. The van der Waals surface area contributed by atoms with Gasteiger partial charge in [-0.1, -0.05) is 0 Å². The molecule has 0 saturated carbocycles. The minimum atomic E-state index is -5.63. The van der Waals surface area contributed by atoms with Gasteiger partial charge in [0.2, 0.25) is 0 Å². The van der Waals surface area contributed by atoms with E-state index in [0.717, 1.165) is 0 Å². The van der Waals surface area contributed by atoms with Crippen molar-refractivity contribution >= 4 is 31.3 Å². The maximum atomic E-state index is 10.7. The van der Waals surface area contributed by atoms with Crippen LogP contribution in [0.2, 0.25) is 0 Å². The standard InChI is InChI=1S/2Na.H6O14P4.2H/c;;1-15(2,3)13-17(7,8)11-12-18(9,10)14-16(4,5)6;;/h;;(H,7,8)(H,9,10)(H2,1,2,3)(H2,4,5,6);;/q2*+1;;2*-1. The van der Waals surface area contributed by atoms with Crippen LogP contribution in [0.3, 0.4) is 0 Å². The Bertz CT molecular complexity index is 433. The van der Waals surface area contributed by atoms with Crippen LogP contribution < -0.4 is 59.1 Å². The third-order valence-electron chi connectivity index (χ3n) is 0.641. The van der Waals surface area contributed by atoms with Crippen LogP contribution in [0.15, 0.2) is 0 Å². The van der Waals surface area contributed by atoms with Gasteiger partial charge in [0.05, 0.1) is 0 Å². The first-order valence-electron chi connectivity index (χ1n) is 3.19. The smallest absolute Gasteiger partial charge is 1.00 e. The van der Waals surface area contributed by atoms with Crippen LogP contribution in [0.4, 0.5) is 0 Å². The molecule has 0 aliphatic rings. The third-order valence-corrected chi connectivity index (χ3v) is 4.64. The van der Waals surface area contributed by atoms with E-state index in [2.05, 4.69) is 18.0 Å². The van der Waals surface area contributed by atoms with Gasteiger partial charge in [-0.25, -0.2) is 18.3 Å². The molecule has 2 unspecified atom stereocenters. The molecule has 0 aromatic heterocycles. The van der Waals surface area contributed by atoms with Gasteiger partial charge in [-0.15, -0.1) is 9.35 Å². The van der Waals surface area contributed by atoms with E-state index in [9.17, 15) is 18.3 Å². The van der Waals surface area contributed by atoms with Crippen molar-refractivity contribution in [1.82, 2.24) is 0 Å². The van der Waals surface area contributed by atoms with Gasteiger partial charge in [0, 0.05) is 0 Å². The molecule has 6 N–H and O–H groups in total. The second-order valence-electron chi connectivity index (χ2n) is 2.23. The summed E-state index contributed by atoms with van der Waals surface area (Å²) in [7, 11) is -22.2. The fourth-order valence-corrected chi connectivity index (χ4v) is 3.42. The predicted molar refractivity (Wildman–Crippen MR) is 50.3 cm³/mol. The molecule has 0 amide bonds. The van der Waals surface area contributed by atoms with Crippen LogP contribution in [-0.4, -0.2) is 29.4 Å². The van der Waals surface area contributed by atoms with E-state index in [1.807, 2.05) is 0 Å². The van der Waals surface area contributed by atoms with Gasteiger partial charge in [-0.2, -0.15) is 8.62 Å². The Labute approximate surface area is 158 Å². The van der Waals surface area contributed by atoms with Crippen LogP contribution in [0.1, 0.15) is 2.85 Å². The maximum absolute atomic E-state index is 10.7. The Hall–Kier alpha value is 2.52. The molecule has 0 fully saturated rings. The third kappa shape index (κ3) is 16.9. The summed E-state index contributed by atoms with van der Waals surface area (Å²) >= 11 is 0. The van der Waals surface area contributed by atoms with E-state index in [1.54, 1.807) is 0 Å². The summed E-state index contributed by atoms with van der Waals surface area (Å²) in [6.45, 7) is 0. The van der Waals surface area contributed by atoms with E-state index >= 15 is 0 Å². The molecule has 0 saturated heterocycles. The van der Waals surface area contributed by atoms with Crippen LogP contribution in [0.25, 0.3) is 0 Å². The summed E-state index contributed by atoms with van der Waals surface area (Å²) in [5.41, 5.74) is 0. The van der Waals surface area contributed by atoms with Gasteiger partial charge in [0.15, 0.2) is 0 Å². The first-order chi connectivity index (χ1) is 7.62. The fraction of sp³-hybridized carbons (Fsp3) is 0. The van der Waals surface area contributed by atoms with Crippen LogP contribution in [-0.2, 0) is 36.2 Å². The van der Waals surface area contributed by atoms with Crippen molar-refractivity contribution in [3.8, 4) is 0 Å². The van der Waals surface area contributed by atoms with E-state index in [0.29, 0.717) is 0 Å². The molecule has 0 spiro atoms. The molecule has 2 atom stereocenters. The Morgan fingerprint density at radius 1 is 0.600 bits per heavy atom. The van der Waals surface area contributed by atoms with Gasteiger partial charge < -0.3 is 32.2 Å². The summed E-state index contributed by atoms with van der Waals surface area (Å²) in [5, 5.41) is 0. The Morgan fingerprint density at radius 3 is 0.950 bits per heavy atom. The molecular formula is H8Na2O14P4. The molecular weight excluding hydrogens is 394 g/mol. The Kier molecular flexibility index (Phi) is 13.3. The van der Waals surface area contributed by atoms with E-state index in [-0.39, 0.29) is 62.0 Å². The van der Waals surface area contributed by atoms with Crippen molar-refractivity contribution in [3.63, 3.8) is 0 Å². The van der Waals surface area contributed by atoms with Gasteiger partial charge in [-0.3, -0.25) is 0 Å². The summed E-state index contributed by atoms with van der Waals surface area (Å²) < 4.78 is 54.0. The number of phosphoric acid groups is 4. The zero-order chi connectivity index (χ0) is 14.8. The molecule has 0 aromatic carbocycles. The van der Waals surface area contributed by atoms with Crippen molar-refractivity contribution in [2.45, 2.75) is 0 Å². The minimum absolute atomic E-state index is 0. The molecule has 114 valence electrons. The zero-order valence-corrected chi connectivity index (χ0v) is 17.3. The fourth-order valence-electron chi connectivity index (χ4n) is 0.380. The van der Waals surface area contributed by atoms with Crippen molar-refractivity contribution in [2.75, 3.05) is 0 Å². The topological polar surface area (TPSA) is 227 Å². The van der Waals surface area contributed by atoms with Crippen molar-refractivity contribution in [3.05, 3.63) is 0 Å². The SMILES string of the molecule is O=P(O)(O)OP(=O)(O)OOP(=O)(O)OP(=O)(O)O.[H-].[H-].[Na+].[Na+]. The second-order valence-corrected chi connectivity index (χ2v) is 7.67. The first-order valence-corrected chi connectivity index (χ1v) is 9.24. The molecule has 0 rings (SSSR count). The average Bonchev–Trinajstić information content (AvgIpc) is 1.91. The molecule has 0 bridgehead atoms. The van der Waals surface area contributed by atoms with Crippen LogP contribution in [0, 0.1) is 0 Å². The van der Waals surface area contributed by atoms with Crippen LogP contribution in [0.5, 0.6) is 0 Å². The van der Waals surface area contributed by atoms with E-state index in [4.69, 9.17) is 29.4 Å². The Morgan fingerprint density at radius 2 is 0.800 bits per heavy atom. The number of rotatable bonds is 7. The normalized spacial score (nSPS) is 18.1. The summed E-state index contributed by atoms with van der Waals surface area (Å²) in [6, 6.07) is 0. The number of hydrogen-bond acceptors (Lipinski definition) is 8. The van der Waals surface area contributed by atoms with Gasteiger partial charge in [-0.05, 0) is 0 Å². The monoisotopic (exact) mass is 402 g/mol. The molecule has 0 aromatic rings. The quantitative estimate of drug-likeness (QED) is 0.101. The average molecular weight is 402 g/mol. The predicted octanol–water partition coefficient (Wildman–Crippen LogP) is -6.41. The second kappa shape index (κ2) is 9.73. The van der Waals surface area contributed by atoms with Crippen molar-refractivity contribution in [2.24, 2.45) is 0 Å². The molecule has 14 nitrogen and oxygen atoms in total. The van der Waals surface area contributed by atoms with Gasteiger partial charge in [0.25, 0.3) is 0 Å².